The van der Waals surface area contributed by atoms with Crippen molar-refractivity contribution in [2.75, 3.05) is 12.3 Å². The molecule has 126 valence electrons. The Balaban J connectivity index is 1.72. The average molecular weight is 365 g/mol. The van der Waals surface area contributed by atoms with Gasteiger partial charge in [0.1, 0.15) is 5.50 Å². The van der Waals surface area contributed by atoms with Gasteiger partial charge in [0.25, 0.3) is 0 Å². The van der Waals surface area contributed by atoms with Crippen molar-refractivity contribution in [2.45, 2.75) is 10.4 Å². The van der Waals surface area contributed by atoms with Crippen LogP contribution in [0.2, 0.25) is 0 Å². The Labute approximate surface area is 143 Å². The first kappa shape index (κ1) is 16.8. The standard InChI is InChI=1S/C14H15N5O3S2/c20-12-2-1-7-15-13(12)18-17-10-3-5-11(6-4-10)24(21,22)19-14-16-8-9-23-14/h1-7,14,16,19-20H,8-9H2. The topological polar surface area (TPSA) is 116 Å². The first-order chi connectivity index (χ1) is 11.5. The predicted molar refractivity (Wildman–Crippen MR) is 91.1 cm³/mol. The molecule has 1 saturated heterocycles. The summed E-state index contributed by atoms with van der Waals surface area (Å²) in [6.07, 6.45) is 1.49. The second kappa shape index (κ2) is 7.26. The Morgan fingerprint density at radius 1 is 1.25 bits per heavy atom. The maximum absolute atomic E-state index is 12.3. The molecule has 0 aliphatic carbocycles. The summed E-state index contributed by atoms with van der Waals surface area (Å²) in [7, 11) is -3.59. The van der Waals surface area contributed by atoms with Gasteiger partial charge in [0.05, 0.1) is 10.6 Å². The second-order valence-electron chi connectivity index (χ2n) is 4.87. The van der Waals surface area contributed by atoms with Crippen molar-refractivity contribution in [1.29, 1.82) is 0 Å². The van der Waals surface area contributed by atoms with Crippen molar-refractivity contribution < 1.29 is 13.5 Å². The fourth-order valence-corrected chi connectivity index (χ4v) is 4.33. The Bertz CT molecular complexity index is 834. The normalized spacial score (nSPS) is 18.2. The Morgan fingerprint density at radius 2 is 2.04 bits per heavy atom. The van der Waals surface area contributed by atoms with Crippen LogP contribution in [0.4, 0.5) is 11.5 Å². The highest BCUT2D eigenvalue weighted by atomic mass is 32.2. The Morgan fingerprint density at radius 3 is 2.71 bits per heavy atom. The molecular weight excluding hydrogens is 350 g/mol. The first-order valence-corrected chi connectivity index (χ1v) is 9.61. The molecule has 1 aromatic carbocycles. The van der Waals surface area contributed by atoms with Gasteiger partial charge in [-0.05, 0) is 36.4 Å². The number of azo groups is 1. The highest BCUT2D eigenvalue weighted by molar-refractivity contribution is 8.01. The second-order valence-corrected chi connectivity index (χ2v) is 7.79. The minimum atomic E-state index is -3.59. The molecule has 0 spiro atoms. The van der Waals surface area contributed by atoms with E-state index in [1.807, 2.05) is 0 Å². The van der Waals surface area contributed by atoms with Crippen LogP contribution in [0.15, 0.2) is 57.7 Å². The van der Waals surface area contributed by atoms with Crippen LogP contribution < -0.4 is 10.0 Å². The molecule has 0 radical (unpaired) electrons. The number of nitrogens with zero attached hydrogens (tertiary/aromatic N) is 3. The molecule has 2 heterocycles. The van der Waals surface area contributed by atoms with E-state index in [9.17, 15) is 13.5 Å². The van der Waals surface area contributed by atoms with E-state index in [4.69, 9.17) is 0 Å². The molecule has 24 heavy (non-hydrogen) atoms. The van der Waals surface area contributed by atoms with Crippen LogP contribution in [-0.2, 0) is 10.0 Å². The van der Waals surface area contributed by atoms with E-state index >= 15 is 0 Å². The summed E-state index contributed by atoms with van der Waals surface area (Å²) in [4.78, 5) is 4.03. The summed E-state index contributed by atoms with van der Waals surface area (Å²) in [6, 6.07) is 9.01. The molecule has 1 fully saturated rings. The van der Waals surface area contributed by atoms with Crippen LogP contribution in [0.1, 0.15) is 0 Å². The molecule has 1 aromatic heterocycles. The molecular formula is C14H15N5O3S2. The number of hydrogen-bond donors (Lipinski definition) is 3. The minimum Gasteiger partial charge on any atom is -0.504 e. The lowest BCUT2D eigenvalue weighted by atomic mass is 10.3. The number of thioether (sulfide) groups is 1. The highest BCUT2D eigenvalue weighted by Crippen LogP contribution is 2.25. The van der Waals surface area contributed by atoms with Gasteiger partial charge in [-0.2, -0.15) is 4.72 Å². The summed E-state index contributed by atoms with van der Waals surface area (Å²) in [5.74, 6) is 0.888. The number of aromatic nitrogens is 1. The SMILES string of the molecule is O=S(=O)(NC1NCCS1)c1ccc(N=Nc2ncccc2O)cc1. The smallest absolute Gasteiger partial charge is 0.242 e. The fourth-order valence-electron chi connectivity index (χ4n) is 1.97. The van der Waals surface area contributed by atoms with Gasteiger partial charge in [0.15, 0.2) is 5.75 Å². The molecule has 0 amide bonds. The van der Waals surface area contributed by atoms with Crippen molar-refractivity contribution in [3.8, 4) is 5.75 Å². The van der Waals surface area contributed by atoms with Gasteiger partial charge in [-0.25, -0.2) is 13.4 Å². The van der Waals surface area contributed by atoms with Crippen molar-refractivity contribution >= 4 is 33.3 Å². The van der Waals surface area contributed by atoms with Crippen LogP contribution >= 0.6 is 11.8 Å². The number of rotatable bonds is 5. The number of benzene rings is 1. The zero-order chi connectivity index (χ0) is 17.0. The van der Waals surface area contributed by atoms with E-state index in [2.05, 4.69) is 25.3 Å². The van der Waals surface area contributed by atoms with Crippen LogP contribution in [0.3, 0.4) is 0 Å². The molecule has 1 unspecified atom stereocenters. The summed E-state index contributed by atoms with van der Waals surface area (Å²) >= 11 is 1.51. The number of hydrogen-bond acceptors (Lipinski definition) is 8. The van der Waals surface area contributed by atoms with Gasteiger partial charge in [0.2, 0.25) is 15.8 Å². The maximum Gasteiger partial charge on any atom is 0.242 e. The number of pyridine rings is 1. The van der Waals surface area contributed by atoms with E-state index in [0.29, 0.717) is 5.69 Å². The van der Waals surface area contributed by atoms with E-state index < -0.39 is 10.0 Å². The Kier molecular flexibility index (Phi) is 5.09. The predicted octanol–water partition coefficient (Wildman–Crippen LogP) is 2.10. The molecule has 2 aromatic rings. The van der Waals surface area contributed by atoms with Crippen molar-refractivity contribution in [3.63, 3.8) is 0 Å². The van der Waals surface area contributed by atoms with E-state index in [-0.39, 0.29) is 22.0 Å². The van der Waals surface area contributed by atoms with Gasteiger partial charge in [-0.1, -0.05) is 0 Å². The zero-order valence-electron chi connectivity index (χ0n) is 12.5. The van der Waals surface area contributed by atoms with Crippen LogP contribution in [-0.4, -0.2) is 36.3 Å². The van der Waals surface area contributed by atoms with Crippen LogP contribution in [0.5, 0.6) is 5.75 Å². The molecule has 1 aliphatic rings. The molecule has 8 nitrogen and oxygen atoms in total. The third-order valence-corrected chi connectivity index (χ3v) is 5.80. The fraction of sp³-hybridized carbons (Fsp3) is 0.214. The zero-order valence-corrected chi connectivity index (χ0v) is 14.1. The molecule has 1 atom stereocenters. The van der Waals surface area contributed by atoms with Crippen molar-refractivity contribution in [3.05, 3.63) is 42.6 Å². The summed E-state index contributed by atoms with van der Waals surface area (Å²) in [5.41, 5.74) is 0.147. The van der Waals surface area contributed by atoms with Crippen molar-refractivity contribution in [2.24, 2.45) is 10.2 Å². The van der Waals surface area contributed by atoms with Gasteiger partial charge in [-0.3, -0.25) is 5.32 Å². The van der Waals surface area contributed by atoms with Gasteiger partial charge in [-0.15, -0.1) is 22.0 Å². The third kappa shape index (κ3) is 4.09. The number of nitrogens with one attached hydrogen (secondary N) is 2. The van der Waals surface area contributed by atoms with Gasteiger partial charge in [0, 0.05) is 18.5 Å². The molecule has 0 bridgehead atoms. The quantitative estimate of drug-likeness (QED) is 0.699. The summed E-state index contributed by atoms with van der Waals surface area (Å²) in [5, 5.41) is 20.4. The molecule has 1 aliphatic heterocycles. The summed E-state index contributed by atoms with van der Waals surface area (Å²) < 4.78 is 27.1. The minimum absolute atomic E-state index is 0.0776. The maximum atomic E-state index is 12.3. The van der Waals surface area contributed by atoms with Gasteiger partial charge >= 0.3 is 0 Å². The molecule has 10 heteroatoms. The lowest BCUT2D eigenvalue weighted by molar-refractivity contribution is 0.474. The van der Waals surface area contributed by atoms with Crippen LogP contribution in [0, 0.1) is 0 Å². The van der Waals surface area contributed by atoms with Crippen LogP contribution in [0.25, 0.3) is 0 Å². The largest absolute Gasteiger partial charge is 0.504 e. The highest BCUT2D eigenvalue weighted by Gasteiger charge is 2.22. The van der Waals surface area contributed by atoms with E-state index in [0.717, 1.165) is 12.3 Å². The lowest BCUT2D eigenvalue weighted by Gasteiger charge is -2.12. The number of sulfonamides is 1. The Hall–Kier alpha value is -2.01. The summed E-state index contributed by atoms with van der Waals surface area (Å²) in [6.45, 7) is 0.775. The van der Waals surface area contributed by atoms with Gasteiger partial charge < -0.3 is 5.11 Å². The molecule has 3 N–H and O–H groups in total. The monoisotopic (exact) mass is 365 g/mol. The molecule has 3 rings (SSSR count). The molecule has 0 saturated carbocycles. The average Bonchev–Trinajstić information content (AvgIpc) is 3.07. The number of aromatic hydroxyl groups is 1. The third-order valence-electron chi connectivity index (χ3n) is 3.15. The lowest BCUT2D eigenvalue weighted by Crippen LogP contribution is -2.39. The first-order valence-electron chi connectivity index (χ1n) is 7.08. The van der Waals surface area contributed by atoms with E-state index in [1.165, 1.54) is 48.3 Å². The van der Waals surface area contributed by atoms with Crippen molar-refractivity contribution in [1.82, 2.24) is 15.0 Å². The van der Waals surface area contributed by atoms with E-state index in [1.54, 1.807) is 6.07 Å².